The molecule has 0 saturated carbocycles. The quantitative estimate of drug-likeness (QED) is 0.846. The van der Waals surface area contributed by atoms with Gasteiger partial charge in [0.15, 0.2) is 0 Å². The van der Waals surface area contributed by atoms with Gasteiger partial charge >= 0.3 is 5.97 Å². The van der Waals surface area contributed by atoms with E-state index in [1.54, 1.807) is 48.3 Å². The van der Waals surface area contributed by atoms with Gasteiger partial charge in [0.1, 0.15) is 11.9 Å². The zero-order valence-electron chi connectivity index (χ0n) is 15.3. The number of hydrogen-bond donors (Lipinski definition) is 1. The number of hydrogen-bond acceptors (Lipinski definition) is 4. The van der Waals surface area contributed by atoms with Crippen LogP contribution in [-0.2, 0) is 11.3 Å². The molecule has 142 valence electrons. The van der Waals surface area contributed by atoms with Crippen LogP contribution in [-0.4, -0.2) is 48.2 Å². The summed E-state index contributed by atoms with van der Waals surface area (Å²) in [6.07, 6.45) is 1.92. The first-order valence-corrected chi connectivity index (χ1v) is 8.95. The fraction of sp³-hybridized carbons (Fsp3) is 0.333. The van der Waals surface area contributed by atoms with Gasteiger partial charge in [-0.1, -0.05) is 12.1 Å². The first kappa shape index (κ1) is 18.9. The number of carboxylic acid groups (broad SMARTS) is 1. The highest BCUT2D eigenvalue weighted by Gasteiger charge is 2.16. The molecule has 1 amide bonds. The number of benzene rings is 2. The molecular weight excluding hydrogens is 346 g/mol. The van der Waals surface area contributed by atoms with Crippen LogP contribution in [0.1, 0.15) is 39.1 Å². The van der Waals surface area contributed by atoms with Gasteiger partial charge < -0.3 is 19.5 Å². The maximum absolute atomic E-state index is 12.6. The van der Waals surface area contributed by atoms with E-state index in [4.69, 9.17) is 14.6 Å². The van der Waals surface area contributed by atoms with Gasteiger partial charge in [-0.25, -0.2) is 4.79 Å². The maximum atomic E-state index is 12.6. The number of rotatable bonds is 6. The number of carboxylic acids is 1. The molecule has 6 heteroatoms. The second-order valence-electron chi connectivity index (χ2n) is 6.62. The molecule has 1 aliphatic rings. The smallest absolute Gasteiger partial charge is 0.335 e. The van der Waals surface area contributed by atoms with Gasteiger partial charge in [-0.3, -0.25) is 4.79 Å². The Morgan fingerprint density at radius 1 is 1.04 bits per heavy atom. The van der Waals surface area contributed by atoms with Crippen LogP contribution >= 0.6 is 0 Å². The van der Waals surface area contributed by atoms with E-state index in [-0.39, 0.29) is 17.6 Å². The van der Waals surface area contributed by atoms with Crippen LogP contribution in [0.5, 0.6) is 5.75 Å². The Morgan fingerprint density at radius 2 is 1.63 bits per heavy atom. The summed E-state index contributed by atoms with van der Waals surface area (Å²) in [5.41, 5.74) is 1.68. The standard InChI is InChI=1S/C21H23NO5/c1-22(14-15-2-4-17(5-3-15)21(24)25)20(23)16-6-8-18(9-7-16)27-19-10-12-26-13-11-19/h2-9,19H,10-14H2,1H3,(H,24,25). The van der Waals surface area contributed by atoms with Crippen LogP contribution in [0.2, 0.25) is 0 Å². The number of ether oxygens (including phenoxy) is 2. The Labute approximate surface area is 158 Å². The lowest BCUT2D eigenvalue weighted by molar-refractivity contribution is 0.0255. The third kappa shape index (κ3) is 5.08. The van der Waals surface area contributed by atoms with Gasteiger partial charge in [0.25, 0.3) is 5.91 Å². The topological polar surface area (TPSA) is 76.1 Å². The number of carbonyl (C=O) groups excluding carboxylic acids is 1. The second-order valence-corrected chi connectivity index (χ2v) is 6.62. The summed E-state index contributed by atoms with van der Waals surface area (Å²) in [6.45, 7) is 1.85. The average molecular weight is 369 g/mol. The molecule has 27 heavy (non-hydrogen) atoms. The molecular formula is C21H23NO5. The van der Waals surface area contributed by atoms with Crippen molar-refractivity contribution in [2.24, 2.45) is 0 Å². The fourth-order valence-corrected chi connectivity index (χ4v) is 2.98. The summed E-state index contributed by atoms with van der Waals surface area (Å²) < 4.78 is 11.2. The molecule has 0 atom stereocenters. The molecule has 0 aromatic heterocycles. The fourth-order valence-electron chi connectivity index (χ4n) is 2.98. The van der Waals surface area contributed by atoms with Gasteiger partial charge in [-0.2, -0.15) is 0 Å². The maximum Gasteiger partial charge on any atom is 0.335 e. The molecule has 2 aromatic carbocycles. The minimum Gasteiger partial charge on any atom is -0.490 e. The predicted molar refractivity (Wildman–Crippen MR) is 100 cm³/mol. The largest absolute Gasteiger partial charge is 0.490 e. The molecule has 1 fully saturated rings. The van der Waals surface area contributed by atoms with Crippen LogP contribution in [0.25, 0.3) is 0 Å². The summed E-state index contributed by atoms with van der Waals surface area (Å²) >= 11 is 0. The Bertz CT molecular complexity index is 779. The Balaban J connectivity index is 1.58. The third-order valence-electron chi connectivity index (χ3n) is 4.54. The van der Waals surface area contributed by atoms with Gasteiger partial charge in [-0.05, 0) is 42.0 Å². The van der Waals surface area contributed by atoms with E-state index in [2.05, 4.69) is 0 Å². The van der Waals surface area contributed by atoms with E-state index >= 15 is 0 Å². The van der Waals surface area contributed by atoms with Crippen molar-refractivity contribution in [1.82, 2.24) is 4.90 Å². The van der Waals surface area contributed by atoms with Crippen molar-refractivity contribution in [1.29, 1.82) is 0 Å². The summed E-state index contributed by atoms with van der Waals surface area (Å²) in [7, 11) is 1.72. The lowest BCUT2D eigenvalue weighted by Crippen LogP contribution is -2.27. The van der Waals surface area contributed by atoms with Crippen molar-refractivity contribution in [3.05, 3.63) is 65.2 Å². The molecule has 0 unspecified atom stereocenters. The average Bonchev–Trinajstić information content (AvgIpc) is 2.69. The van der Waals surface area contributed by atoms with Crippen LogP contribution in [0, 0.1) is 0 Å². The first-order chi connectivity index (χ1) is 13.0. The normalized spacial score (nSPS) is 14.6. The van der Waals surface area contributed by atoms with Gasteiger partial charge in [-0.15, -0.1) is 0 Å². The molecule has 0 radical (unpaired) electrons. The molecule has 1 saturated heterocycles. The molecule has 3 rings (SSSR count). The lowest BCUT2D eigenvalue weighted by atomic mass is 10.1. The molecule has 1 aliphatic heterocycles. The van der Waals surface area contributed by atoms with Gasteiger partial charge in [0.05, 0.1) is 18.8 Å². The lowest BCUT2D eigenvalue weighted by Gasteiger charge is -2.23. The van der Waals surface area contributed by atoms with Gasteiger partial charge in [0, 0.05) is 32.0 Å². The summed E-state index contributed by atoms with van der Waals surface area (Å²) in [6, 6.07) is 13.7. The number of aromatic carboxylic acids is 1. The Kier molecular flexibility index (Phi) is 6.08. The van der Waals surface area contributed by atoms with Crippen LogP contribution in [0.15, 0.2) is 48.5 Å². The number of carbonyl (C=O) groups is 2. The van der Waals surface area contributed by atoms with Crippen molar-refractivity contribution < 1.29 is 24.2 Å². The predicted octanol–water partition coefficient (Wildman–Crippen LogP) is 3.21. The summed E-state index contributed by atoms with van der Waals surface area (Å²) in [4.78, 5) is 25.1. The highest BCUT2D eigenvalue weighted by molar-refractivity contribution is 5.94. The third-order valence-corrected chi connectivity index (χ3v) is 4.54. The monoisotopic (exact) mass is 369 g/mol. The summed E-state index contributed by atoms with van der Waals surface area (Å²) in [5, 5.41) is 8.94. The SMILES string of the molecule is CN(Cc1ccc(C(=O)O)cc1)C(=O)c1ccc(OC2CCOCC2)cc1. The van der Waals surface area contributed by atoms with Crippen molar-refractivity contribution >= 4 is 11.9 Å². The first-order valence-electron chi connectivity index (χ1n) is 8.95. The van der Waals surface area contributed by atoms with E-state index < -0.39 is 5.97 Å². The zero-order chi connectivity index (χ0) is 19.2. The van der Waals surface area contributed by atoms with Crippen LogP contribution in [0.4, 0.5) is 0 Å². The van der Waals surface area contributed by atoms with Crippen molar-refractivity contribution in [2.75, 3.05) is 20.3 Å². The van der Waals surface area contributed by atoms with Crippen molar-refractivity contribution in [3.63, 3.8) is 0 Å². The number of nitrogens with zero attached hydrogens (tertiary/aromatic N) is 1. The molecule has 0 aliphatic carbocycles. The van der Waals surface area contributed by atoms with E-state index in [1.807, 2.05) is 12.1 Å². The Morgan fingerprint density at radius 3 is 2.22 bits per heavy atom. The van der Waals surface area contributed by atoms with Crippen molar-refractivity contribution in [2.45, 2.75) is 25.5 Å². The highest BCUT2D eigenvalue weighted by atomic mass is 16.5. The van der Waals surface area contributed by atoms with E-state index in [0.29, 0.717) is 12.1 Å². The van der Waals surface area contributed by atoms with E-state index in [0.717, 1.165) is 37.4 Å². The molecule has 1 heterocycles. The molecule has 2 aromatic rings. The Hall–Kier alpha value is -2.86. The van der Waals surface area contributed by atoms with E-state index in [9.17, 15) is 9.59 Å². The molecule has 0 bridgehead atoms. The van der Waals surface area contributed by atoms with Crippen molar-refractivity contribution in [3.8, 4) is 5.75 Å². The van der Waals surface area contributed by atoms with Crippen LogP contribution in [0.3, 0.4) is 0 Å². The van der Waals surface area contributed by atoms with E-state index in [1.165, 1.54) is 0 Å². The summed E-state index contributed by atoms with van der Waals surface area (Å²) in [5.74, 6) is -0.311. The zero-order valence-corrected chi connectivity index (χ0v) is 15.3. The minimum absolute atomic E-state index is 0.102. The highest BCUT2D eigenvalue weighted by Crippen LogP contribution is 2.19. The minimum atomic E-state index is -0.964. The van der Waals surface area contributed by atoms with Crippen LogP contribution < -0.4 is 4.74 Å². The molecule has 1 N–H and O–H groups in total. The second kappa shape index (κ2) is 8.68. The molecule has 6 nitrogen and oxygen atoms in total. The molecule has 0 spiro atoms. The van der Waals surface area contributed by atoms with Gasteiger partial charge in [0.2, 0.25) is 0 Å². The number of amides is 1.